The van der Waals surface area contributed by atoms with Gasteiger partial charge in [0.25, 0.3) is 11.4 Å². The van der Waals surface area contributed by atoms with Crippen LogP contribution >= 0.6 is 0 Å². The van der Waals surface area contributed by atoms with Crippen molar-refractivity contribution in [3.05, 3.63) is 50.6 Å². The maximum Gasteiger partial charge on any atom is 0.299 e. The predicted molar refractivity (Wildman–Crippen MR) is 156 cm³/mol. The highest BCUT2D eigenvalue weighted by molar-refractivity contribution is 6.70. The fourth-order valence-corrected chi connectivity index (χ4v) is 5.52. The number of unbranched alkanes of at least 4 members (excludes halogenated alkanes) is 7. The minimum absolute atomic E-state index is 0.212. The zero-order chi connectivity index (χ0) is 28.1. The van der Waals surface area contributed by atoms with E-state index < -0.39 is 32.5 Å². The number of non-ortho nitro benzene ring substituents is 1. The van der Waals surface area contributed by atoms with Gasteiger partial charge in [0.05, 0.1) is 34.7 Å². The number of hydrogen-bond donors (Lipinski definition) is 1. The first-order valence-corrected chi connectivity index (χ1v) is 20.2. The second kappa shape index (κ2) is 16.0. The van der Waals surface area contributed by atoms with Crippen molar-refractivity contribution in [3.63, 3.8) is 0 Å². The number of nitro benzene ring substituents is 2. The Kier molecular flexibility index (Phi) is 14.2. The summed E-state index contributed by atoms with van der Waals surface area (Å²) in [5, 5.41) is 26.1. The Labute approximate surface area is 224 Å². The van der Waals surface area contributed by atoms with Crippen LogP contribution in [-0.2, 0) is 8.85 Å². The monoisotopic (exact) mass is 553 g/mol. The van der Waals surface area contributed by atoms with E-state index in [2.05, 4.69) is 63.7 Å². The summed E-state index contributed by atoms with van der Waals surface area (Å²) in [6, 6.07) is 3.26. The molecule has 0 amide bonds. The largest absolute Gasteiger partial charge is 0.415 e. The number of benzene rings is 1. The van der Waals surface area contributed by atoms with Crippen LogP contribution in [-0.4, -0.2) is 45.2 Å². The van der Waals surface area contributed by atoms with E-state index in [0.29, 0.717) is 6.61 Å². The molecule has 1 aromatic carbocycles. The lowest BCUT2D eigenvalue weighted by atomic mass is 10.1. The Bertz CT molecular complexity index is 884. The van der Waals surface area contributed by atoms with Gasteiger partial charge in [0, 0.05) is 6.07 Å². The van der Waals surface area contributed by atoms with E-state index in [-0.39, 0.29) is 23.2 Å². The number of allylic oxidation sites excluding steroid dienone is 1. The molecule has 210 valence electrons. The van der Waals surface area contributed by atoms with Crippen molar-refractivity contribution in [2.24, 2.45) is 0 Å². The van der Waals surface area contributed by atoms with Gasteiger partial charge < -0.3 is 14.2 Å². The first kappa shape index (κ1) is 32.9. The van der Waals surface area contributed by atoms with Crippen LogP contribution in [0.3, 0.4) is 0 Å². The summed E-state index contributed by atoms with van der Waals surface area (Å²) in [5.74, 6) is 0. The highest BCUT2D eigenvalue weighted by Gasteiger charge is 2.30. The molecule has 1 aromatic rings. The molecule has 2 atom stereocenters. The second-order valence-corrected chi connectivity index (χ2v) is 20.4. The fourth-order valence-electron chi connectivity index (χ4n) is 3.78. The number of nitro groups is 2. The molecular weight excluding hydrogens is 506 g/mol. The van der Waals surface area contributed by atoms with Crippen LogP contribution in [0.2, 0.25) is 39.3 Å². The number of hydrogen-bond acceptors (Lipinski definition) is 7. The van der Waals surface area contributed by atoms with Gasteiger partial charge in [0.2, 0.25) is 0 Å². The van der Waals surface area contributed by atoms with E-state index in [4.69, 9.17) is 8.85 Å². The van der Waals surface area contributed by atoms with Gasteiger partial charge in [-0.05, 0) is 58.2 Å². The summed E-state index contributed by atoms with van der Waals surface area (Å²) in [7, 11) is -3.88. The van der Waals surface area contributed by atoms with Gasteiger partial charge in [-0.15, -0.1) is 0 Å². The van der Waals surface area contributed by atoms with Crippen LogP contribution in [0.1, 0.15) is 58.3 Å². The topological polar surface area (TPSA) is 117 Å². The average molecular weight is 554 g/mol. The van der Waals surface area contributed by atoms with Gasteiger partial charge in [-0.3, -0.25) is 20.2 Å². The molecule has 9 nitrogen and oxygen atoms in total. The summed E-state index contributed by atoms with van der Waals surface area (Å²) < 4.78 is 12.7. The minimum Gasteiger partial charge on any atom is -0.415 e. The summed E-state index contributed by atoms with van der Waals surface area (Å²) in [6.07, 6.45) is 13.5. The molecule has 0 spiro atoms. The van der Waals surface area contributed by atoms with Crippen molar-refractivity contribution in [2.75, 3.05) is 11.9 Å². The van der Waals surface area contributed by atoms with Crippen molar-refractivity contribution in [3.8, 4) is 0 Å². The molecule has 1 rings (SSSR count). The predicted octanol–water partition coefficient (Wildman–Crippen LogP) is 8.05. The Hall–Kier alpha value is -2.09. The quantitative estimate of drug-likeness (QED) is 0.0605. The molecule has 0 saturated heterocycles. The number of rotatable bonds is 19. The maximum atomic E-state index is 11.7. The van der Waals surface area contributed by atoms with Gasteiger partial charge in [-0.2, -0.15) is 0 Å². The van der Waals surface area contributed by atoms with E-state index >= 15 is 0 Å². The molecule has 11 heteroatoms. The van der Waals surface area contributed by atoms with Crippen molar-refractivity contribution < 1.29 is 18.7 Å². The molecular formula is C26H47N3O6Si2. The van der Waals surface area contributed by atoms with Crippen LogP contribution in [0.4, 0.5) is 17.1 Å². The highest BCUT2D eigenvalue weighted by atomic mass is 28.4. The van der Waals surface area contributed by atoms with Crippen molar-refractivity contribution in [1.82, 2.24) is 0 Å². The lowest BCUT2D eigenvalue weighted by molar-refractivity contribution is -0.393. The van der Waals surface area contributed by atoms with Gasteiger partial charge in [-0.25, -0.2) is 0 Å². The summed E-state index contributed by atoms with van der Waals surface area (Å²) in [6.45, 7) is 15.1. The lowest BCUT2D eigenvalue weighted by Gasteiger charge is -2.33. The Morgan fingerprint density at radius 2 is 1.54 bits per heavy atom. The van der Waals surface area contributed by atoms with E-state index in [9.17, 15) is 20.2 Å². The molecule has 0 unspecified atom stereocenters. The third-order valence-corrected chi connectivity index (χ3v) is 7.62. The smallest absolute Gasteiger partial charge is 0.299 e. The Morgan fingerprint density at radius 3 is 2.08 bits per heavy atom. The first-order valence-electron chi connectivity index (χ1n) is 13.4. The zero-order valence-corrected chi connectivity index (χ0v) is 25.7. The van der Waals surface area contributed by atoms with Crippen LogP contribution < -0.4 is 5.32 Å². The standard InChI is InChI=1S/C26H47N3O6Si2/c1-8-9-10-11-12-13-14-15-16-17-26(35-37(5,6)7)24(21-34-36(2,3)4)27-23-19-18-22(28(30)31)20-25(23)29(32)33/h16-20,24,26-27H,8-15,21H2,1-7H3/b17-16+/t24-,26+/m0/s1. The fraction of sp³-hybridized carbons (Fsp3) is 0.692. The van der Waals surface area contributed by atoms with Crippen LogP contribution in [0.5, 0.6) is 0 Å². The third kappa shape index (κ3) is 14.4. The van der Waals surface area contributed by atoms with Crippen LogP contribution in [0, 0.1) is 20.2 Å². The SMILES string of the molecule is CCCCCCCCC/C=C/[C@@H](O[Si](C)(C)C)[C@H](CO[Si](C)(C)C)Nc1ccc([N+](=O)[O-])cc1[N+](=O)[O-]. The highest BCUT2D eigenvalue weighted by Crippen LogP contribution is 2.30. The zero-order valence-electron chi connectivity index (χ0n) is 23.7. The molecule has 37 heavy (non-hydrogen) atoms. The molecule has 0 fully saturated rings. The van der Waals surface area contributed by atoms with Gasteiger partial charge >= 0.3 is 0 Å². The third-order valence-electron chi connectivity index (χ3n) is 5.61. The van der Waals surface area contributed by atoms with Crippen molar-refractivity contribution >= 4 is 33.7 Å². The van der Waals surface area contributed by atoms with Gasteiger partial charge in [0.15, 0.2) is 16.6 Å². The summed E-state index contributed by atoms with van der Waals surface area (Å²) in [4.78, 5) is 21.7. The summed E-state index contributed by atoms with van der Waals surface area (Å²) in [5.41, 5.74) is -0.452. The van der Waals surface area contributed by atoms with Gasteiger partial charge in [-0.1, -0.05) is 57.6 Å². The number of nitrogens with one attached hydrogen (secondary N) is 1. The van der Waals surface area contributed by atoms with Crippen LogP contribution in [0.15, 0.2) is 30.4 Å². The molecule has 0 aliphatic rings. The molecule has 1 N–H and O–H groups in total. The molecule has 0 radical (unpaired) electrons. The van der Waals surface area contributed by atoms with Gasteiger partial charge in [0.1, 0.15) is 5.69 Å². The number of nitrogens with zero attached hydrogens (tertiary/aromatic N) is 2. The number of anilines is 1. The molecule has 0 heterocycles. The minimum atomic E-state index is -1.99. The molecule has 0 aromatic heterocycles. The normalized spacial score (nSPS) is 14.0. The Balaban J connectivity index is 3.12. The molecule has 0 bridgehead atoms. The molecule has 0 aliphatic carbocycles. The molecule has 0 aliphatic heterocycles. The Morgan fingerprint density at radius 1 is 0.919 bits per heavy atom. The van der Waals surface area contributed by atoms with Crippen molar-refractivity contribution in [1.29, 1.82) is 0 Å². The summed E-state index contributed by atoms with van der Waals surface area (Å²) >= 11 is 0. The van der Waals surface area contributed by atoms with Crippen LogP contribution in [0.25, 0.3) is 0 Å². The maximum absolute atomic E-state index is 11.7. The van der Waals surface area contributed by atoms with E-state index in [0.717, 1.165) is 18.9 Å². The van der Waals surface area contributed by atoms with E-state index in [1.807, 2.05) is 0 Å². The first-order chi connectivity index (χ1) is 17.2. The average Bonchev–Trinajstić information content (AvgIpc) is 2.78. The van der Waals surface area contributed by atoms with Crippen molar-refractivity contribution in [2.45, 2.75) is 110 Å². The van der Waals surface area contributed by atoms with E-state index in [1.165, 1.54) is 50.7 Å². The molecule has 0 saturated carbocycles. The second-order valence-electron chi connectivity index (χ2n) is 11.4. The lowest BCUT2D eigenvalue weighted by Crippen LogP contribution is -2.46. The van der Waals surface area contributed by atoms with E-state index in [1.54, 1.807) is 0 Å².